The van der Waals surface area contributed by atoms with Gasteiger partial charge in [-0.25, -0.2) is 4.79 Å². The standard InChI is InChI=1S/C22H20N2O5/c1-28-16-8-5-7-15(13-16)14-24-12-6-10-18(21(24)26)20(25)23-19-11-4-3-9-17(19)22(27)29-2/h3-13H,14H2,1-2H3,(H,23,25). The third kappa shape index (κ3) is 4.52. The molecule has 0 aliphatic rings. The van der Waals surface area contributed by atoms with Gasteiger partial charge in [-0.05, 0) is 42.0 Å². The second kappa shape index (κ2) is 8.88. The van der Waals surface area contributed by atoms with E-state index in [2.05, 4.69) is 5.32 Å². The van der Waals surface area contributed by atoms with Crippen LogP contribution in [0.3, 0.4) is 0 Å². The number of rotatable bonds is 6. The molecule has 3 rings (SSSR count). The van der Waals surface area contributed by atoms with Crippen LogP contribution in [-0.4, -0.2) is 30.7 Å². The first kappa shape index (κ1) is 19.9. The van der Waals surface area contributed by atoms with E-state index in [4.69, 9.17) is 9.47 Å². The number of nitrogens with zero attached hydrogens (tertiary/aromatic N) is 1. The molecule has 0 bridgehead atoms. The molecule has 0 saturated heterocycles. The Morgan fingerprint density at radius 3 is 2.48 bits per heavy atom. The first-order valence-electron chi connectivity index (χ1n) is 8.84. The molecule has 0 atom stereocenters. The average molecular weight is 392 g/mol. The second-order valence-corrected chi connectivity index (χ2v) is 6.20. The fraction of sp³-hybridized carbons (Fsp3) is 0.136. The van der Waals surface area contributed by atoms with E-state index in [0.29, 0.717) is 5.75 Å². The minimum Gasteiger partial charge on any atom is -0.497 e. The fourth-order valence-electron chi connectivity index (χ4n) is 2.87. The minimum atomic E-state index is -0.605. The van der Waals surface area contributed by atoms with Crippen LogP contribution in [0.2, 0.25) is 0 Å². The predicted octanol–water partition coefficient (Wildman–Crippen LogP) is 2.94. The highest BCUT2D eigenvalue weighted by Crippen LogP contribution is 2.17. The summed E-state index contributed by atoms with van der Waals surface area (Å²) in [6, 6.07) is 16.9. The molecular formula is C22H20N2O5. The lowest BCUT2D eigenvalue weighted by Gasteiger charge is -2.11. The summed E-state index contributed by atoms with van der Waals surface area (Å²) in [5.41, 5.74) is 0.862. The van der Waals surface area contributed by atoms with Crippen molar-refractivity contribution in [3.8, 4) is 5.75 Å². The molecule has 1 aromatic heterocycles. The van der Waals surface area contributed by atoms with E-state index >= 15 is 0 Å². The van der Waals surface area contributed by atoms with Crippen LogP contribution in [0.25, 0.3) is 0 Å². The van der Waals surface area contributed by atoms with Crippen LogP contribution in [0.5, 0.6) is 5.75 Å². The number of para-hydroxylation sites is 1. The van der Waals surface area contributed by atoms with Gasteiger partial charge in [0.25, 0.3) is 11.5 Å². The molecule has 3 aromatic rings. The number of pyridine rings is 1. The molecule has 7 heteroatoms. The number of methoxy groups -OCH3 is 2. The normalized spacial score (nSPS) is 10.3. The molecule has 148 valence electrons. The smallest absolute Gasteiger partial charge is 0.339 e. The van der Waals surface area contributed by atoms with Crippen molar-refractivity contribution in [3.05, 3.63) is 93.9 Å². The molecule has 0 unspecified atom stereocenters. The molecule has 0 spiro atoms. The van der Waals surface area contributed by atoms with Gasteiger partial charge in [0.2, 0.25) is 0 Å². The van der Waals surface area contributed by atoms with Gasteiger partial charge in [-0.3, -0.25) is 9.59 Å². The number of ether oxygens (including phenoxy) is 2. The van der Waals surface area contributed by atoms with Gasteiger partial charge in [0, 0.05) is 6.20 Å². The Labute approximate surface area is 167 Å². The van der Waals surface area contributed by atoms with Crippen LogP contribution in [0.15, 0.2) is 71.7 Å². The van der Waals surface area contributed by atoms with Crippen LogP contribution >= 0.6 is 0 Å². The van der Waals surface area contributed by atoms with E-state index in [1.165, 1.54) is 23.8 Å². The topological polar surface area (TPSA) is 86.6 Å². The van der Waals surface area contributed by atoms with Crippen LogP contribution in [-0.2, 0) is 11.3 Å². The Kier molecular flexibility index (Phi) is 6.09. The number of carbonyl (C=O) groups excluding carboxylic acids is 2. The highest BCUT2D eigenvalue weighted by Gasteiger charge is 2.17. The van der Waals surface area contributed by atoms with Crippen molar-refractivity contribution in [2.75, 3.05) is 19.5 Å². The lowest BCUT2D eigenvalue weighted by Crippen LogP contribution is -2.29. The molecule has 0 aliphatic heterocycles. The lowest BCUT2D eigenvalue weighted by atomic mass is 10.1. The summed E-state index contributed by atoms with van der Waals surface area (Å²) < 4.78 is 11.4. The summed E-state index contributed by atoms with van der Waals surface area (Å²) in [7, 11) is 2.83. The van der Waals surface area contributed by atoms with Gasteiger partial charge in [0.15, 0.2) is 0 Å². The molecule has 0 saturated carbocycles. The molecule has 1 heterocycles. The van der Waals surface area contributed by atoms with Crippen LogP contribution in [0.4, 0.5) is 5.69 Å². The van der Waals surface area contributed by atoms with E-state index in [9.17, 15) is 14.4 Å². The Morgan fingerprint density at radius 2 is 1.72 bits per heavy atom. The number of nitrogens with one attached hydrogen (secondary N) is 1. The zero-order valence-electron chi connectivity index (χ0n) is 16.0. The van der Waals surface area contributed by atoms with Crippen molar-refractivity contribution in [2.24, 2.45) is 0 Å². The quantitative estimate of drug-likeness (QED) is 0.652. The molecule has 0 aliphatic carbocycles. The number of hydrogen-bond acceptors (Lipinski definition) is 5. The first-order valence-corrected chi connectivity index (χ1v) is 8.84. The Bertz CT molecular complexity index is 1100. The van der Waals surface area contributed by atoms with Crippen molar-refractivity contribution in [1.29, 1.82) is 0 Å². The van der Waals surface area contributed by atoms with Crippen LogP contribution in [0, 0.1) is 0 Å². The third-order valence-electron chi connectivity index (χ3n) is 4.33. The monoisotopic (exact) mass is 392 g/mol. The molecule has 7 nitrogen and oxygen atoms in total. The molecule has 0 radical (unpaired) electrons. The van der Waals surface area contributed by atoms with Crippen molar-refractivity contribution in [1.82, 2.24) is 4.57 Å². The maximum absolute atomic E-state index is 12.8. The van der Waals surface area contributed by atoms with Gasteiger partial charge in [-0.1, -0.05) is 24.3 Å². The highest BCUT2D eigenvalue weighted by molar-refractivity contribution is 6.07. The van der Waals surface area contributed by atoms with Gasteiger partial charge in [-0.15, -0.1) is 0 Å². The second-order valence-electron chi connectivity index (χ2n) is 6.20. The number of benzene rings is 2. The van der Waals surface area contributed by atoms with Crippen LogP contribution < -0.4 is 15.6 Å². The fourth-order valence-corrected chi connectivity index (χ4v) is 2.87. The van der Waals surface area contributed by atoms with E-state index in [1.807, 2.05) is 24.3 Å². The number of amides is 1. The zero-order chi connectivity index (χ0) is 20.8. The highest BCUT2D eigenvalue weighted by atomic mass is 16.5. The summed E-state index contributed by atoms with van der Waals surface area (Å²) >= 11 is 0. The Morgan fingerprint density at radius 1 is 0.966 bits per heavy atom. The summed E-state index contributed by atoms with van der Waals surface area (Å²) in [5.74, 6) is -0.500. The minimum absolute atomic E-state index is 0.0323. The number of esters is 1. The van der Waals surface area contributed by atoms with Gasteiger partial charge in [0.05, 0.1) is 32.0 Å². The third-order valence-corrected chi connectivity index (χ3v) is 4.33. The molecule has 0 fully saturated rings. The maximum atomic E-state index is 12.8. The Balaban J connectivity index is 1.87. The van der Waals surface area contributed by atoms with Crippen molar-refractivity contribution < 1.29 is 19.1 Å². The molecule has 1 N–H and O–H groups in total. The maximum Gasteiger partial charge on any atom is 0.339 e. The largest absolute Gasteiger partial charge is 0.497 e. The lowest BCUT2D eigenvalue weighted by molar-refractivity contribution is 0.0602. The van der Waals surface area contributed by atoms with Crippen molar-refractivity contribution >= 4 is 17.6 Å². The van der Waals surface area contributed by atoms with Gasteiger partial charge in [-0.2, -0.15) is 0 Å². The summed E-state index contributed by atoms with van der Waals surface area (Å²) in [6.45, 7) is 0.288. The van der Waals surface area contributed by atoms with E-state index in [0.717, 1.165) is 5.56 Å². The molecule has 2 aromatic carbocycles. The average Bonchev–Trinajstić information content (AvgIpc) is 2.75. The van der Waals surface area contributed by atoms with Crippen molar-refractivity contribution in [3.63, 3.8) is 0 Å². The SMILES string of the molecule is COC(=O)c1ccccc1NC(=O)c1cccn(Cc2cccc(OC)c2)c1=O. The van der Waals surface area contributed by atoms with E-state index < -0.39 is 17.4 Å². The molecular weight excluding hydrogens is 372 g/mol. The van der Waals surface area contributed by atoms with E-state index in [-0.39, 0.29) is 23.4 Å². The number of carbonyl (C=O) groups is 2. The zero-order valence-corrected chi connectivity index (χ0v) is 16.0. The molecule has 29 heavy (non-hydrogen) atoms. The predicted molar refractivity (Wildman–Crippen MR) is 109 cm³/mol. The number of aromatic nitrogens is 1. The first-order chi connectivity index (χ1) is 14.0. The summed E-state index contributed by atoms with van der Waals surface area (Å²) in [4.78, 5) is 37.4. The summed E-state index contributed by atoms with van der Waals surface area (Å²) in [5, 5.41) is 2.62. The number of hydrogen-bond donors (Lipinski definition) is 1. The van der Waals surface area contributed by atoms with Gasteiger partial charge in [0.1, 0.15) is 11.3 Å². The Hall–Kier alpha value is -3.87. The van der Waals surface area contributed by atoms with Crippen LogP contribution in [0.1, 0.15) is 26.3 Å². The van der Waals surface area contributed by atoms with Crippen molar-refractivity contribution in [2.45, 2.75) is 6.54 Å². The summed E-state index contributed by atoms with van der Waals surface area (Å²) in [6.07, 6.45) is 1.61. The van der Waals surface area contributed by atoms with Gasteiger partial charge < -0.3 is 19.4 Å². The molecule has 1 amide bonds. The number of anilines is 1. The van der Waals surface area contributed by atoms with E-state index in [1.54, 1.807) is 37.6 Å². The van der Waals surface area contributed by atoms with Gasteiger partial charge >= 0.3 is 5.97 Å².